The average molecular weight is 277 g/mol. The minimum Gasteiger partial charge on any atom is -0.306 e. The minimum absolute atomic E-state index is 0.0714. The Morgan fingerprint density at radius 1 is 1.22 bits per heavy atom. The summed E-state index contributed by atoms with van der Waals surface area (Å²) >= 11 is 0. The maximum Gasteiger partial charge on any atom is 0.148 e. The Hall–Kier alpha value is -1.01. The summed E-state index contributed by atoms with van der Waals surface area (Å²) in [6.45, 7) is 3.26. The molecule has 18 heavy (non-hydrogen) atoms. The predicted molar refractivity (Wildman–Crippen MR) is 67.1 cm³/mol. The summed E-state index contributed by atoms with van der Waals surface area (Å²) < 4.78 is 49.2. The van der Waals surface area contributed by atoms with Crippen LogP contribution in [0, 0.1) is 11.6 Å². The van der Waals surface area contributed by atoms with Crippen molar-refractivity contribution in [2.75, 3.05) is 12.0 Å². The van der Waals surface area contributed by atoms with E-state index in [4.69, 9.17) is 0 Å². The smallest absolute Gasteiger partial charge is 0.148 e. The van der Waals surface area contributed by atoms with Gasteiger partial charge in [-0.05, 0) is 26.0 Å². The van der Waals surface area contributed by atoms with Crippen molar-refractivity contribution in [1.29, 1.82) is 0 Å². The maximum absolute atomic E-state index is 13.5. The third-order valence-corrected chi connectivity index (χ3v) is 3.63. The van der Waals surface area contributed by atoms with Crippen molar-refractivity contribution in [1.82, 2.24) is 5.32 Å². The van der Waals surface area contributed by atoms with Crippen LogP contribution in [-0.4, -0.2) is 26.5 Å². The van der Waals surface area contributed by atoms with Crippen LogP contribution in [0.1, 0.15) is 25.5 Å². The zero-order chi connectivity index (χ0) is 13.9. The molecule has 1 aromatic rings. The van der Waals surface area contributed by atoms with Gasteiger partial charge in [0.25, 0.3) is 0 Å². The summed E-state index contributed by atoms with van der Waals surface area (Å²) in [4.78, 5) is 0. The fourth-order valence-electron chi connectivity index (χ4n) is 1.94. The summed E-state index contributed by atoms with van der Waals surface area (Å²) in [7, 11) is -3.12. The van der Waals surface area contributed by atoms with Gasteiger partial charge in [0, 0.05) is 23.9 Å². The average Bonchev–Trinajstić information content (AvgIpc) is 2.13. The minimum atomic E-state index is -3.12. The van der Waals surface area contributed by atoms with E-state index in [0.717, 1.165) is 6.26 Å². The lowest BCUT2D eigenvalue weighted by atomic mass is 10.1. The maximum atomic E-state index is 13.5. The molecule has 0 aliphatic heterocycles. The zero-order valence-electron chi connectivity index (χ0n) is 10.6. The highest BCUT2D eigenvalue weighted by molar-refractivity contribution is 7.90. The lowest BCUT2D eigenvalue weighted by Crippen LogP contribution is -2.35. The molecule has 0 amide bonds. The van der Waals surface area contributed by atoms with Gasteiger partial charge in [-0.1, -0.05) is 6.07 Å². The first-order valence-electron chi connectivity index (χ1n) is 5.58. The van der Waals surface area contributed by atoms with Crippen molar-refractivity contribution in [2.45, 2.75) is 25.9 Å². The Balaban J connectivity index is 2.80. The lowest BCUT2D eigenvalue weighted by Gasteiger charge is -2.20. The van der Waals surface area contributed by atoms with Gasteiger partial charge in [0.1, 0.15) is 21.5 Å². The van der Waals surface area contributed by atoms with Gasteiger partial charge in [-0.3, -0.25) is 0 Å². The first kappa shape index (κ1) is 15.0. The van der Waals surface area contributed by atoms with E-state index >= 15 is 0 Å². The quantitative estimate of drug-likeness (QED) is 0.896. The number of sulfone groups is 1. The van der Waals surface area contributed by atoms with Crippen LogP contribution in [0.15, 0.2) is 18.2 Å². The fourth-order valence-corrected chi connectivity index (χ4v) is 2.94. The molecule has 6 heteroatoms. The van der Waals surface area contributed by atoms with Gasteiger partial charge in [0.2, 0.25) is 0 Å². The molecule has 0 aliphatic rings. The second-order valence-corrected chi connectivity index (χ2v) is 6.70. The molecule has 1 rings (SSSR count). The second kappa shape index (κ2) is 5.75. The van der Waals surface area contributed by atoms with Crippen LogP contribution in [0.25, 0.3) is 0 Å². The van der Waals surface area contributed by atoms with E-state index < -0.39 is 27.5 Å². The molecular weight excluding hydrogens is 260 g/mol. The normalized spacial score (nSPS) is 15.4. The molecule has 0 saturated heterocycles. The monoisotopic (exact) mass is 277 g/mol. The highest BCUT2D eigenvalue weighted by Crippen LogP contribution is 2.20. The van der Waals surface area contributed by atoms with E-state index in [9.17, 15) is 17.2 Å². The van der Waals surface area contributed by atoms with Crippen LogP contribution < -0.4 is 5.32 Å². The Morgan fingerprint density at radius 2 is 1.72 bits per heavy atom. The van der Waals surface area contributed by atoms with Crippen LogP contribution in [0.3, 0.4) is 0 Å². The van der Waals surface area contributed by atoms with Crippen molar-refractivity contribution in [2.24, 2.45) is 0 Å². The molecule has 0 bridgehead atoms. The SMILES string of the molecule is CC(CS(C)(=O)=O)NC(C)c1c(F)cccc1F. The van der Waals surface area contributed by atoms with E-state index in [2.05, 4.69) is 5.32 Å². The van der Waals surface area contributed by atoms with Crippen molar-refractivity contribution >= 4 is 9.84 Å². The molecular formula is C12H17F2NO2S. The van der Waals surface area contributed by atoms with Gasteiger partial charge >= 0.3 is 0 Å². The Morgan fingerprint density at radius 3 is 2.17 bits per heavy atom. The molecule has 0 heterocycles. The van der Waals surface area contributed by atoms with Crippen molar-refractivity contribution in [3.63, 3.8) is 0 Å². The third kappa shape index (κ3) is 4.34. The summed E-state index contributed by atoms with van der Waals surface area (Å²) in [5.41, 5.74) is -0.0714. The Bertz CT molecular complexity index is 497. The van der Waals surface area contributed by atoms with Crippen molar-refractivity contribution in [3.05, 3.63) is 35.4 Å². The molecule has 0 radical (unpaired) electrons. The molecule has 0 fully saturated rings. The van der Waals surface area contributed by atoms with Crippen LogP contribution in [0.2, 0.25) is 0 Å². The number of hydrogen-bond acceptors (Lipinski definition) is 3. The predicted octanol–water partition coefficient (Wildman–Crippen LogP) is 2.05. The number of hydrogen-bond donors (Lipinski definition) is 1. The molecule has 2 unspecified atom stereocenters. The second-order valence-electron chi connectivity index (χ2n) is 4.52. The molecule has 0 spiro atoms. The van der Waals surface area contributed by atoms with E-state index in [1.54, 1.807) is 13.8 Å². The topological polar surface area (TPSA) is 46.2 Å². The fraction of sp³-hybridized carbons (Fsp3) is 0.500. The molecule has 0 saturated carbocycles. The number of rotatable bonds is 5. The summed E-state index contributed by atoms with van der Waals surface area (Å²) in [5, 5.41) is 2.88. The highest BCUT2D eigenvalue weighted by Gasteiger charge is 2.19. The van der Waals surface area contributed by atoms with Gasteiger partial charge in [-0.2, -0.15) is 0 Å². The number of nitrogens with one attached hydrogen (secondary N) is 1. The van der Waals surface area contributed by atoms with Crippen LogP contribution >= 0.6 is 0 Å². The van der Waals surface area contributed by atoms with Gasteiger partial charge < -0.3 is 5.32 Å². The summed E-state index contributed by atoms with van der Waals surface area (Å²) in [6.07, 6.45) is 1.12. The van der Waals surface area contributed by atoms with Crippen LogP contribution in [0.5, 0.6) is 0 Å². The molecule has 102 valence electrons. The van der Waals surface area contributed by atoms with Gasteiger partial charge in [-0.15, -0.1) is 0 Å². The van der Waals surface area contributed by atoms with Gasteiger partial charge in [-0.25, -0.2) is 17.2 Å². The molecule has 3 nitrogen and oxygen atoms in total. The molecule has 2 atom stereocenters. The third-order valence-electron chi connectivity index (χ3n) is 2.52. The van der Waals surface area contributed by atoms with Crippen LogP contribution in [-0.2, 0) is 9.84 Å². The standard InChI is InChI=1S/C12H17F2NO2S/c1-8(7-18(3,16)17)15-9(2)12-10(13)5-4-6-11(12)14/h4-6,8-9,15H,7H2,1-3H3. The largest absolute Gasteiger partial charge is 0.306 e. The molecule has 1 N–H and O–H groups in total. The van der Waals surface area contributed by atoms with E-state index in [1.807, 2.05) is 0 Å². The van der Waals surface area contributed by atoms with Crippen LogP contribution in [0.4, 0.5) is 8.78 Å². The van der Waals surface area contributed by atoms with E-state index in [1.165, 1.54) is 18.2 Å². The first-order chi connectivity index (χ1) is 8.20. The van der Waals surface area contributed by atoms with E-state index in [-0.39, 0.29) is 17.4 Å². The van der Waals surface area contributed by atoms with Crippen molar-refractivity contribution < 1.29 is 17.2 Å². The van der Waals surface area contributed by atoms with Gasteiger partial charge in [0.05, 0.1) is 5.75 Å². The number of benzene rings is 1. The van der Waals surface area contributed by atoms with E-state index in [0.29, 0.717) is 0 Å². The molecule has 0 aliphatic carbocycles. The summed E-state index contributed by atoms with van der Waals surface area (Å²) in [5.74, 6) is -1.35. The van der Waals surface area contributed by atoms with Crippen molar-refractivity contribution in [3.8, 4) is 0 Å². The highest BCUT2D eigenvalue weighted by atomic mass is 32.2. The first-order valence-corrected chi connectivity index (χ1v) is 7.64. The Kier molecular flexibility index (Phi) is 4.81. The Labute approximate surface area is 106 Å². The molecule has 1 aromatic carbocycles. The zero-order valence-corrected chi connectivity index (χ0v) is 11.4. The lowest BCUT2D eigenvalue weighted by molar-refractivity contribution is 0.456. The summed E-state index contributed by atoms with van der Waals surface area (Å²) in [6, 6.07) is 2.67. The molecule has 0 aromatic heterocycles. The van der Waals surface area contributed by atoms with Gasteiger partial charge in [0.15, 0.2) is 0 Å². The number of halogens is 2.